The molecule has 0 aliphatic rings. The minimum Gasteiger partial charge on any atom is -0.469 e. The fourth-order valence-electron chi connectivity index (χ4n) is 1.42. The van der Waals surface area contributed by atoms with Crippen LogP contribution in [0.1, 0.15) is 6.42 Å². The van der Waals surface area contributed by atoms with Crippen LogP contribution in [-0.2, 0) is 9.53 Å². The first-order valence-electron chi connectivity index (χ1n) is 6.38. The van der Waals surface area contributed by atoms with E-state index in [0.29, 0.717) is 13.0 Å². The van der Waals surface area contributed by atoms with Crippen molar-refractivity contribution < 1.29 is 9.53 Å². The lowest BCUT2D eigenvalue weighted by atomic mass is 10.3. The van der Waals surface area contributed by atoms with Crippen molar-refractivity contribution in [1.82, 2.24) is 0 Å². The largest absolute Gasteiger partial charge is 0.469 e. The Labute approximate surface area is 119 Å². The molecule has 0 spiro atoms. The predicted octanol–water partition coefficient (Wildman–Crippen LogP) is 2.93. The monoisotopic (exact) mass is 272 g/mol. The molecule has 4 nitrogen and oxygen atoms in total. The lowest BCUT2D eigenvalue weighted by molar-refractivity contribution is -0.140. The number of ether oxygens (including phenoxy) is 1. The Morgan fingerprint density at radius 3 is 2.05 bits per heavy atom. The molecule has 3 N–H and O–H groups in total. The summed E-state index contributed by atoms with van der Waals surface area (Å²) >= 11 is 0. The number of nitrogen functional groups attached to an aromatic ring is 1. The molecule has 2 rings (SSSR count). The summed E-state index contributed by atoms with van der Waals surface area (Å²) in [6.45, 7) is 0.608. The third-order valence-corrected chi connectivity index (χ3v) is 2.46. The molecule has 2 aromatic rings. The first-order chi connectivity index (χ1) is 9.72. The van der Waals surface area contributed by atoms with Crippen LogP contribution in [0.2, 0.25) is 0 Å². The number of methoxy groups -OCH3 is 1. The Bertz CT molecular complexity index is 486. The molecule has 0 amide bonds. The van der Waals surface area contributed by atoms with Gasteiger partial charge in [0.1, 0.15) is 0 Å². The van der Waals surface area contributed by atoms with Gasteiger partial charge >= 0.3 is 5.97 Å². The van der Waals surface area contributed by atoms with E-state index >= 15 is 0 Å². The fourth-order valence-corrected chi connectivity index (χ4v) is 1.42. The van der Waals surface area contributed by atoms with Crippen LogP contribution in [0.5, 0.6) is 0 Å². The second-order valence-corrected chi connectivity index (χ2v) is 4.03. The first kappa shape index (κ1) is 15.6. The molecule has 20 heavy (non-hydrogen) atoms. The molecule has 0 aliphatic carbocycles. The van der Waals surface area contributed by atoms with Gasteiger partial charge in [-0.05, 0) is 24.3 Å². The van der Waals surface area contributed by atoms with Gasteiger partial charge in [0.25, 0.3) is 0 Å². The highest BCUT2D eigenvalue weighted by Crippen LogP contribution is 2.04. The topological polar surface area (TPSA) is 64.3 Å². The van der Waals surface area contributed by atoms with Crippen molar-refractivity contribution >= 4 is 17.3 Å². The van der Waals surface area contributed by atoms with Gasteiger partial charge in [-0.3, -0.25) is 4.79 Å². The number of nitrogens with two attached hydrogens (primary N) is 1. The molecule has 0 radical (unpaired) electrons. The van der Waals surface area contributed by atoms with Crippen molar-refractivity contribution in [3.05, 3.63) is 60.7 Å². The van der Waals surface area contributed by atoms with Crippen LogP contribution in [0, 0.1) is 0 Å². The molecule has 2 aromatic carbocycles. The molecule has 0 saturated heterocycles. The number of carbonyl (C=O) groups excluding carboxylic acids is 1. The summed E-state index contributed by atoms with van der Waals surface area (Å²) in [5.41, 5.74) is 7.20. The van der Waals surface area contributed by atoms with Crippen LogP contribution in [-0.4, -0.2) is 19.6 Å². The van der Waals surface area contributed by atoms with Gasteiger partial charge < -0.3 is 15.8 Å². The summed E-state index contributed by atoms with van der Waals surface area (Å²) in [7, 11) is 1.39. The number of hydrogen-bond donors (Lipinski definition) is 2. The molecule has 106 valence electrons. The van der Waals surface area contributed by atoms with Crippen molar-refractivity contribution in [3.8, 4) is 0 Å². The zero-order valence-electron chi connectivity index (χ0n) is 11.6. The predicted molar refractivity (Wildman–Crippen MR) is 82.4 cm³/mol. The lowest BCUT2D eigenvalue weighted by Crippen LogP contribution is -2.09. The summed E-state index contributed by atoms with van der Waals surface area (Å²) in [4.78, 5) is 10.7. The van der Waals surface area contributed by atoms with E-state index in [4.69, 9.17) is 5.73 Å². The molecule has 0 aromatic heterocycles. The standard InChI is InChI=1S/C10H13NO2.C6H7N/c1-13-10(12)7-8-11-9-5-3-2-4-6-9;7-6-4-2-1-3-5-6/h2-6,11H,7-8H2,1H3;1-5H,7H2. The summed E-state index contributed by atoms with van der Waals surface area (Å²) in [6, 6.07) is 19.2. The molecule has 0 aliphatic heterocycles. The highest BCUT2D eigenvalue weighted by molar-refractivity contribution is 5.69. The van der Waals surface area contributed by atoms with E-state index in [9.17, 15) is 4.79 Å². The van der Waals surface area contributed by atoms with E-state index in [2.05, 4.69) is 10.1 Å². The molecule has 0 fully saturated rings. The van der Waals surface area contributed by atoms with Crippen LogP contribution >= 0.6 is 0 Å². The molecule has 4 heteroatoms. The van der Waals surface area contributed by atoms with E-state index in [0.717, 1.165) is 11.4 Å². The van der Waals surface area contributed by atoms with E-state index in [1.807, 2.05) is 60.7 Å². The van der Waals surface area contributed by atoms with E-state index in [1.165, 1.54) is 7.11 Å². The highest BCUT2D eigenvalue weighted by Gasteiger charge is 1.98. The summed E-state index contributed by atoms with van der Waals surface area (Å²) in [6.07, 6.45) is 0.394. The van der Waals surface area contributed by atoms with Gasteiger partial charge in [0.15, 0.2) is 0 Å². The number of hydrogen-bond acceptors (Lipinski definition) is 4. The van der Waals surface area contributed by atoms with Gasteiger partial charge in [-0.2, -0.15) is 0 Å². The van der Waals surface area contributed by atoms with Crippen LogP contribution in [0.25, 0.3) is 0 Å². The fraction of sp³-hybridized carbons (Fsp3) is 0.188. The van der Waals surface area contributed by atoms with Gasteiger partial charge in [-0.25, -0.2) is 0 Å². The third-order valence-electron chi connectivity index (χ3n) is 2.46. The molecule has 0 atom stereocenters. The number of esters is 1. The second-order valence-electron chi connectivity index (χ2n) is 4.03. The molecule has 0 heterocycles. The van der Waals surface area contributed by atoms with Crippen molar-refractivity contribution in [2.75, 3.05) is 24.7 Å². The van der Waals surface area contributed by atoms with Crippen molar-refractivity contribution in [1.29, 1.82) is 0 Å². The molecule has 0 bridgehead atoms. The average molecular weight is 272 g/mol. The molecular formula is C16H20N2O2. The summed E-state index contributed by atoms with van der Waals surface area (Å²) in [5, 5.41) is 3.11. The maximum Gasteiger partial charge on any atom is 0.307 e. The number of carbonyl (C=O) groups is 1. The summed E-state index contributed by atoms with van der Waals surface area (Å²) in [5.74, 6) is -0.191. The normalized spacial score (nSPS) is 9.05. The molecule has 0 saturated carbocycles. The maximum absolute atomic E-state index is 10.7. The Hall–Kier alpha value is -2.49. The Morgan fingerprint density at radius 2 is 1.60 bits per heavy atom. The average Bonchev–Trinajstić information content (AvgIpc) is 2.49. The minimum atomic E-state index is -0.191. The summed E-state index contributed by atoms with van der Waals surface area (Å²) < 4.78 is 4.51. The lowest BCUT2D eigenvalue weighted by Gasteiger charge is -2.04. The van der Waals surface area contributed by atoms with Gasteiger partial charge in [-0.15, -0.1) is 0 Å². The zero-order chi connectivity index (χ0) is 14.6. The maximum atomic E-state index is 10.7. The zero-order valence-corrected chi connectivity index (χ0v) is 11.6. The number of benzene rings is 2. The third kappa shape index (κ3) is 7.06. The minimum absolute atomic E-state index is 0.191. The van der Waals surface area contributed by atoms with Crippen LogP contribution in [0.4, 0.5) is 11.4 Å². The first-order valence-corrected chi connectivity index (χ1v) is 6.38. The smallest absolute Gasteiger partial charge is 0.307 e. The Morgan fingerprint density at radius 1 is 1.05 bits per heavy atom. The number of anilines is 2. The van der Waals surface area contributed by atoms with E-state index in [-0.39, 0.29) is 5.97 Å². The number of para-hydroxylation sites is 2. The quantitative estimate of drug-likeness (QED) is 0.663. The van der Waals surface area contributed by atoms with Crippen molar-refractivity contribution in [3.63, 3.8) is 0 Å². The van der Waals surface area contributed by atoms with Gasteiger partial charge in [-0.1, -0.05) is 36.4 Å². The molecular weight excluding hydrogens is 252 g/mol. The van der Waals surface area contributed by atoms with Crippen LogP contribution in [0.15, 0.2) is 60.7 Å². The van der Waals surface area contributed by atoms with Gasteiger partial charge in [0, 0.05) is 17.9 Å². The van der Waals surface area contributed by atoms with E-state index < -0.39 is 0 Å². The molecule has 0 unspecified atom stereocenters. The van der Waals surface area contributed by atoms with Crippen LogP contribution in [0.3, 0.4) is 0 Å². The Balaban J connectivity index is 0.000000240. The van der Waals surface area contributed by atoms with Gasteiger partial charge in [0.2, 0.25) is 0 Å². The highest BCUT2D eigenvalue weighted by atomic mass is 16.5. The number of rotatable bonds is 4. The van der Waals surface area contributed by atoms with Crippen molar-refractivity contribution in [2.24, 2.45) is 0 Å². The van der Waals surface area contributed by atoms with E-state index in [1.54, 1.807) is 0 Å². The van der Waals surface area contributed by atoms with Crippen LogP contribution < -0.4 is 11.1 Å². The Kier molecular flexibility index (Phi) is 7.35. The van der Waals surface area contributed by atoms with Crippen molar-refractivity contribution in [2.45, 2.75) is 6.42 Å². The second kappa shape index (κ2) is 9.44. The number of nitrogens with one attached hydrogen (secondary N) is 1. The SMILES string of the molecule is COC(=O)CCNc1ccccc1.Nc1ccccc1. The van der Waals surface area contributed by atoms with Gasteiger partial charge in [0.05, 0.1) is 13.5 Å².